The number of hydrazone groups is 1. The Hall–Kier alpha value is -3.62. The first-order valence-electron chi connectivity index (χ1n) is 7.97. The number of hydrogen-bond acceptors (Lipinski definition) is 7. The molecule has 0 atom stereocenters. The van der Waals surface area contributed by atoms with E-state index in [1.54, 1.807) is 18.2 Å². The van der Waals surface area contributed by atoms with Crippen LogP contribution in [0.15, 0.2) is 47.6 Å². The fourth-order valence-corrected chi connectivity index (χ4v) is 2.06. The summed E-state index contributed by atoms with van der Waals surface area (Å²) in [6, 6.07) is 11.0. The van der Waals surface area contributed by atoms with Crippen molar-refractivity contribution in [1.29, 1.82) is 0 Å². The molecule has 0 bridgehead atoms. The van der Waals surface area contributed by atoms with Crippen molar-refractivity contribution in [3.8, 4) is 17.2 Å². The molecule has 1 N–H and O–H groups in total. The molecule has 0 fully saturated rings. The van der Waals surface area contributed by atoms with Gasteiger partial charge in [-0.1, -0.05) is 0 Å². The Bertz CT molecular complexity index is 820. The van der Waals surface area contributed by atoms with Crippen LogP contribution in [-0.4, -0.2) is 37.4 Å². The highest BCUT2D eigenvalue weighted by Crippen LogP contribution is 2.27. The van der Waals surface area contributed by atoms with E-state index in [0.717, 1.165) is 5.56 Å². The number of nitrogens with zero attached hydrogens (tertiary/aromatic N) is 2. The lowest BCUT2D eigenvalue weighted by atomic mass is 10.2. The fourth-order valence-electron chi connectivity index (χ4n) is 2.06. The summed E-state index contributed by atoms with van der Waals surface area (Å²) in [5.41, 5.74) is 3.05. The third-order valence-electron chi connectivity index (χ3n) is 3.28. The van der Waals surface area contributed by atoms with E-state index in [1.807, 2.05) is 0 Å². The van der Waals surface area contributed by atoms with Gasteiger partial charge in [-0.2, -0.15) is 5.10 Å². The van der Waals surface area contributed by atoms with Crippen molar-refractivity contribution < 1.29 is 23.9 Å². The lowest BCUT2D eigenvalue weighted by Crippen LogP contribution is -2.12. The average Bonchev–Trinajstić information content (AvgIpc) is 2.66. The van der Waals surface area contributed by atoms with Gasteiger partial charge in [0.25, 0.3) is 5.69 Å². The van der Waals surface area contributed by atoms with Crippen LogP contribution in [0.2, 0.25) is 0 Å². The van der Waals surface area contributed by atoms with Crippen molar-refractivity contribution >= 4 is 17.8 Å². The number of non-ortho nitro benzene ring substituents is 1. The quantitative estimate of drug-likeness (QED) is 0.313. The second kappa shape index (κ2) is 9.76. The van der Waals surface area contributed by atoms with Crippen molar-refractivity contribution in [2.75, 3.05) is 20.3 Å². The smallest absolute Gasteiger partial charge is 0.269 e. The summed E-state index contributed by atoms with van der Waals surface area (Å²) in [7, 11) is 1.52. The van der Waals surface area contributed by atoms with Crippen LogP contribution in [0.5, 0.6) is 17.2 Å². The van der Waals surface area contributed by atoms with Crippen molar-refractivity contribution in [3.05, 3.63) is 58.1 Å². The fraction of sp³-hybridized carbons (Fsp3) is 0.222. The van der Waals surface area contributed by atoms with Crippen molar-refractivity contribution in [1.82, 2.24) is 5.43 Å². The van der Waals surface area contributed by atoms with Gasteiger partial charge in [0.05, 0.1) is 18.2 Å². The molecule has 0 saturated carbocycles. The maximum atomic E-state index is 10.8. The molecule has 0 aliphatic rings. The molecule has 2 aromatic rings. The molecule has 9 heteroatoms. The number of amides is 1. The van der Waals surface area contributed by atoms with Crippen LogP contribution < -0.4 is 19.6 Å². The van der Waals surface area contributed by atoms with E-state index >= 15 is 0 Å². The summed E-state index contributed by atoms with van der Waals surface area (Å²) in [4.78, 5) is 20.9. The molecule has 9 nitrogen and oxygen atoms in total. The molecule has 0 unspecified atom stereocenters. The van der Waals surface area contributed by atoms with Crippen molar-refractivity contribution in [3.63, 3.8) is 0 Å². The minimum absolute atomic E-state index is 0.00506. The van der Waals surface area contributed by atoms with Gasteiger partial charge in [0, 0.05) is 19.1 Å². The number of nitrogens with one attached hydrogen (secondary N) is 1. The molecular weight excluding hydrogens is 354 g/mol. The molecule has 2 rings (SSSR count). The highest BCUT2D eigenvalue weighted by Gasteiger charge is 2.07. The number of ether oxygens (including phenoxy) is 3. The summed E-state index contributed by atoms with van der Waals surface area (Å²) < 4.78 is 16.4. The zero-order chi connectivity index (χ0) is 19.6. The number of methoxy groups -OCH3 is 1. The molecule has 27 heavy (non-hydrogen) atoms. The Morgan fingerprint density at radius 3 is 2.48 bits per heavy atom. The van der Waals surface area contributed by atoms with E-state index in [4.69, 9.17) is 14.2 Å². The van der Waals surface area contributed by atoms with Crippen LogP contribution in [0, 0.1) is 10.1 Å². The monoisotopic (exact) mass is 373 g/mol. The van der Waals surface area contributed by atoms with Gasteiger partial charge >= 0.3 is 0 Å². The number of nitro groups is 1. The largest absolute Gasteiger partial charge is 0.493 e. The first-order valence-corrected chi connectivity index (χ1v) is 7.97. The topological polar surface area (TPSA) is 112 Å². The maximum Gasteiger partial charge on any atom is 0.269 e. The third kappa shape index (κ3) is 6.31. The van der Waals surface area contributed by atoms with Crippen LogP contribution in [0.25, 0.3) is 0 Å². The van der Waals surface area contributed by atoms with Gasteiger partial charge in [0.15, 0.2) is 11.5 Å². The number of rotatable bonds is 9. The van der Waals surface area contributed by atoms with Crippen LogP contribution in [-0.2, 0) is 4.79 Å². The average molecular weight is 373 g/mol. The van der Waals surface area contributed by atoms with E-state index in [0.29, 0.717) is 17.2 Å². The standard InChI is InChI=1S/C18H19N3O6/c1-13(22)20-19-12-14-3-8-17(18(11-14)25-2)27-10-9-26-16-6-4-15(5-7-16)21(23)24/h3-8,11-12H,9-10H2,1-2H3,(H,20,22)/b19-12+. The van der Waals surface area contributed by atoms with Crippen LogP contribution in [0.4, 0.5) is 5.69 Å². The molecule has 0 aromatic heterocycles. The Labute approximate surface area is 155 Å². The number of benzene rings is 2. The van der Waals surface area contributed by atoms with Gasteiger partial charge < -0.3 is 14.2 Å². The zero-order valence-electron chi connectivity index (χ0n) is 14.9. The van der Waals surface area contributed by atoms with Crippen LogP contribution >= 0.6 is 0 Å². The van der Waals surface area contributed by atoms with Gasteiger partial charge in [-0.3, -0.25) is 14.9 Å². The molecule has 0 saturated heterocycles. The first-order chi connectivity index (χ1) is 13.0. The van der Waals surface area contributed by atoms with E-state index in [9.17, 15) is 14.9 Å². The SMILES string of the molecule is COc1cc(/C=N/NC(C)=O)ccc1OCCOc1ccc([N+](=O)[O-])cc1. The minimum atomic E-state index is -0.469. The van der Waals surface area contributed by atoms with E-state index in [1.165, 1.54) is 44.5 Å². The molecule has 2 aromatic carbocycles. The normalized spacial score (nSPS) is 10.4. The molecular formula is C18H19N3O6. The highest BCUT2D eigenvalue weighted by molar-refractivity contribution is 5.82. The Kier molecular flexibility index (Phi) is 7.12. The molecule has 0 radical (unpaired) electrons. The molecule has 1 amide bonds. The van der Waals surface area contributed by atoms with Crippen LogP contribution in [0.3, 0.4) is 0 Å². The molecule has 0 spiro atoms. The zero-order valence-corrected chi connectivity index (χ0v) is 14.9. The predicted molar refractivity (Wildman–Crippen MR) is 98.5 cm³/mol. The van der Waals surface area contributed by atoms with Gasteiger partial charge in [-0.15, -0.1) is 0 Å². The van der Waals surface area contributed by atoms with Gasteiger partial charge in [0.1, 0.15) is 19.0 Å². The van der Waals surface area contributed by atoms with Crippen LogP contribution in [0.1, 0.15) is 12.5 Å². The summed E-state index contributed by atoms with van der Waals surface area (Å²) in [5.74, 6) is 1.30. The molecule has 142 valence electrons. The second-order valence-corrected chi connectivity index (χ2v) is 5.28. The lowest BCUT2D eigenvalue weighted by molar-refractivity contribution is -0.384. The van der Waals surface area contributed by atoms with Gasteiger partial charge in [-0.25, -0.2) is 5.43 Å². The van der Waals surface area contributed by atoms with Crippen molar-refractivity contribution in [2.24, 2.45) is 5.10 Å². The molecule has 0 aliphatic carbocycles. The summed E-state index contributed by atoms with van der Waals surface area (Å²) in [6.45, 7) is 1.88. The Morgan fingerprint density at radius 1 is 1.15 bits per heavy atom. The van der Waals surface area contributed by atoms with E-state index in [2.05, 4.69) is 10.5 Å². The van der Waals surface area contributed by atoms with E-state index < -0.39 is 4.92 Å². The summed E-state index contributed by atoms with van der Waals surface area (Å²) in [6.07, 6.45) is 1.49. The Morgan fingerprint density at radius 2 is 1.85 bits per heavy atom. The molecule has 0 heterocycles. The highest BCUT2D eigenvalue weighted by atomic mass is 16.6. The second-order valence-electron chi connectivity index (χ2n) is 5.28. The third-order valence-corrected chi connectivity index (χ3v) is 3.28. The predicted octanol–water partition coefficient (Wildman–Crippen LogP) is 2.53. The van der Waals surface area contributed by atoms with Crippen molar-refractivity contribution in [2.45, 2.75) is 6.92 Å². The first kappa shape index (κ1) is 19.7. The number of carbonyl (C=O) groups excluding carboxylic acids is 1. The van der Waals surface area contributed by atoms with Gasteiger partial charge in [0.2, 0.25) is 5.91 Å². The maximum absolute atomic E-state index is 10.8. The summed E-state index contributed by atoms with van der Waals surface area (Å²) in [5, 5.41) is 14.4. The number of nitro benzene ring substituents is 1. The number of carbonyl (C=O) groups is 1. The Balaban J connectivity index is 1.86. The van der Waals surface area contributed by atoms with E-state index in [-0.39, 0.29) is 24.8 Å². The number of hydrogen-bond donors (Lipinski definition) is 1. The summed E-state index contributed by atoms with van der Waals surface area (Å²) >= 11 is 0. The lowest BCUT2D eigenvalue weighted by Gasteiger charge is -2.12. The molecule has 0 aliphatic heterocycles. The minimum Gasteiger partial charge on any atom is -0.493 e. The van der Waals surface area contributed by atoms with Gasteiger partial charge in [-0.05, 0) is 35.9 Å².